The Morgan fingerprint density at radius 1 is 0.958 bits per heavy atom. The number of rotatable bonds is 5. The van der Waals surface area contributed by atoms with Gasteiger partial charge in [0, 0.05) is 0 Å². The van der Waals surface area contributed by atoms with Crippen molar-refractivity contribution in [3.63, 3.8) is 0 Å². The van der Waals surface area contributed by atoms with E-state index in [0.29, 0.717) is 21.7 Å². The molecule has 0 aromatic heterocycles. The van der Waals surface area contributed by atoms with Gasteiger partial charge >= 0.3 is 0 Å². The van der Waals surface area contributed by atoms with Crippen molar-refractivity contribution >= 4 is 0 Å². The second-order valence-electron chi connectivity index (χ2n) is 11.6. The van der Waals surface area contributed by atoms with Crippen LogP contribution in [-0.2, 0) is 0 Å². The normalized spacial score (nSPS) is 44.8. The van der Waals surface area contributed by atoms with Crippen LogP contribution in [0.15, 0.2) is 0 Å². The van der Waals surface area contributed by atoms with E-state index in [2.05, 4.69) is 83.1 Å². The molecule has 2 rings (SSSR count). The van der Waals surface area contributed by atoms with Gasteiger partial charge in [0.05, 0.1) is 0 Å². The van der Waals surface area contributed by atoms with Crippen LogP contribution in [0.4, 0.5) is 0 Å². The molecule has 8 atom stereocenters. The molecule has 24 heavy (non-hydrogen) atoms. The standard InChI is InChI=1S/C24H46/c1-13-18(16(4)21(6,7)8)15(3)19-20-17(5)22(9,10)24(20,12)23(19,11)14-2/h15-20H,13-14H2,1-12H3. The molecule has 0 spiro atoms. The molecule has 2 aliphatic rings. The smallest absolute Gasteiger partial charge is 0.0181 e. The molecule has 0 amide bonds. The lowest BCUT2D eigenvalue weighted by molar-refractivity contribution is -0.380. The van der Waals surface area contributed by atoms with Crippen LogP contribution >= 0.6 is 0 Å². The zero-order chi connectivity index (χ0) is 18.9. The number of hydrogen-bond acceptors (Lipinski definition) is 0. The summed E-state index contributed by atoms with van der Waals surface area (Å²) < 4.78 is 0. The largest absolute Gasteiger partial charge is 0.0651 e. The van der Waals surface area contributed by atoms with E-state index in [9.17, 15) is 0 Å². The molecule has 0 radical (unpaired) electrons. The van der Waals surface area contributed by atoms with Crippen molar-refractivity contribution in [2.24, 2.45) is 57.2 Å². The number of hydrogen-bond donors (Lipinski definition) is 0. The third kappa shape index (κ3) is 2.16. The average molecular weight is 335 g/mol. The summed E-state index contributed by atoms with van der Waals surface area (Å²) in [7, 11) is 0. The second-order valence-corrected chi connectivity index (χ2v) is 11.6. The van der Waals surface area contributed by atoms with Gasteiger partial charge in [-0.1, -0.05) is 89.5 Å². The van der Waals surface area contributed by atoms with Crippen molar-refractivity contribution in [2.45, 2.75) is 95.9 Å². The molecule has 2 fully saturated rings. The quantitative estimate of drug-likeness (QED) is 0.483. The van der Waals surface area contributed by atoms with E-state index in [0.717, 1.165) is 35.5 Å². The molecule has 0 aliphatic heterocycles. The zero-order valence-electron chi connectivity index (χ0n) is 18.9. The third-order valence-electron chi connectivity index (χ3n) is 10.4. The Kier molecular flexibility index (Phi) is 4.87. The van der Waals surface area contributed by atoms with Crippen LogP contribution < -0.4 is 0 Å². The Balaban J connectivity index is 2.35. The summed E-state index contributed by atoms with van der Waals surface area (Å²) in [6, 6.07) is 0. The highest BCUT2D eigenvalue weighted by atomic mass is 14.8. The molecule has 0 heterocycles. The maximum absolute atomic E-state index is 2.63. The van der Waals surface area contributed by atoms with E-state index in [4.69, 9.17) is 0 Å². The minimum Gasteiger partial charge on any atom is -0.0651 e. The van der Waals surface area contributed by atoms with Crippen molar-refractivity contribution in [2.75, 3.05) is 0 Å². The molecule has 0 aromatic carbocycles. The molecule has 142 valence electrons. The molecule has 0 N–H and O–H groups in total. The summed E-state index contributed by atoms with van der Waals surface area (Å²) in [5.74, 6) is 5.19. The third-order valence-corrected chi connectivity index (χ3v) is 10.4. The molecule has 0 saturated heterocycles. The van der Waals surface area contributed by atoms with Crippen LogP contribution in [0.3, 0.4) is 0 Å². The lowest BCUT2D eigenvalue weighted by Crippen LogP contribution is -2.81. The Morgan fingerprint density at radius 3 is 1.83 bits per heavy atom. The number of fused-ring (bicyclic) bond motifs is 1. The summed E-state index contributed by atoms with van der Waals surface area (Å²) in [4.78, 5) is 0. The highest BCUT2D eigenvalue weighted by molar-refractivity contribution is 5.27. The van der Waals surface area contributed by atoms with Crippen LogP contribution in [0, 0.1) is 57.2 Å². The van der Waals surface area contributed by atoms with E-state index in [1.807, 2.05) is 0 Å². The second kappa shape index (κ2) is 5.75. The van der Waals surface area contributed by atoms with Crippen LogP contribution in [0.25, 0.3) is 0 Å². The molecule has 0 nitrogen and oxygen atoms in total. The van der Waals surface area contributed by atoms with Gasteiger partial charge in [0.15, 0.2) is 0 Å². The van der Waals surface area contributed by atoms with Crippen molar-refractivity contribution < 1.29 is 0 Å². The molecule has 2 saturated carbocycles. The van der Waals surface area contributed by atoms with Crippen molar-refractivity contribution in [3.05, 3.63) is 0 Å². The fourth-order valence-electron chi connectivity index (χ4n) is 7.79. The lowest BCUT2D eigenvalue weighted by Gasteiger charge is -2.85. The van der Waals surface area contributed by atoms with E-state index in [1.165, 1.54) is 12.8 Å². The van der Waals surface area contributed by atoms with Gasteiger partial charge in [-0.3, -0.25) is 0 Å². The first-order chi connectivity index (χ1) is 10.7. The molecule has 0 bridgehead atoms. The van der Waals surface area contributed by atoms with Crippen molar-refractivity contribution in [3.8, 4) is 0 Å². The Morgan fingerprint density at radius 2 is 1.46 bits per heavy atom. The van der Waals surface area contributed by atoms with Gasteiger partial charge in [-0.15, -0.1) is 0 Å². The first-order valence-electron chi connectivity index (χ1n) is 10.7. The van der Waals surface area contributed by atoms with E-state index in [1.54, 1.807) is 0 Å². The fourth-order valence-corrected chi connectivity index (χ4v) is 7.79. The van der Waals surface area contributed by atoms with Gasteiger partial charge < -0.3 is 0 Å². The Labute approximate surface area is 153 Å². The Hall–Kier alpha value is 0. The highest BCUT2D eigenvalue weighted by Crippen LogP contribution is 2.85. The highest BCUT2D eigenvalue weighted by Gasteiger charge is 2.80. The van der Waals surface area contributed by atoms with Crippen LogP contribution in [0.1, 0.15) is 95.9 Å². The van der Waals surface area contributed by atoms with Gasteiger partial charge in [-0.2, -0.15) is 0 Å². The molecule has 8 unspecified atom stereocenters. The SMILES string of the molecule is CCC(C(C)C1C2C(C)C(C)(C)C2(C)C1(C)CC)C(C)C(C)(C)C. The molecule has 0 aromatic rings. The summed E-state index contributed by atoms with van der Waals surface area (Å²) in [5.41, 5.74) is 1.96. The van der Waals surface area contributed by atoms with E-state index >= 15 is 0 Å². The Bertz CT molecular complexity index is 467. The van der Waals surface area contributed by atoms with E-state index < -0.39 is 0 Å². The van der Waals surface area contributed by atoms with Crippen LogP contribution in [0.5, 0.6) is 0 Å². The molecular formula is C24H46. The zero-order valence-corrected chi connectivity index (χ0v) is 18.9. The summed E-state index contributed by atoms with van der Waals surface area (Å²) in [6.45, 7) is 30.2. The van der Waals surface area contributed by atoms with Gasteiger partial charge in [-0.05, 0) is 63.6 Å². The first kappa shape index (κ1) is 20.3. The van der Waals surface area contributed by atoms with Crippen LogP contribution in [0.2, 0.25) is 0 Å². The monoisotopic (exact) mass is 334 g/mol. The minimum atomic E-state index is 0.412. The maximum atomic E-state index is 2.63. The summed E-state index contributed by atoms with van der Waals surface area (Å²) in [6.07, 6.45) is 2.67. The predicted octanol–water partition coefficient (Wildman–Crippen LogP) is 7.68. The maximum Gasteiger partial charge on any atom is -0.0181 e. The predicted molar refractivity (Wildman–Crippen MR) is 108 cm³/mol. The van der Waals surface area contributed by atoms with Gasteiger partial charge in [0.25, 0.3) is 0 Å². The fraction of sp³-hybridized carbons (Fsp3) is 1.00. The van der Waals surface area contributed by atoms with E-state index in [-0.39, 0.29) is 0 Å². The summed E-state index contributed by atoms with van der Waals surface area (Å²) in [5, 5.41) is 0. The van der Waals surface area contributed by atoms with Crippen molar-refractivity contribution in [1.29, 1.82) is 0 Å². The summed E-state index contributed by atoms with van der Waals surface area (Å²) >= 11 is 0. The lowest BCUT2D eigenvalue weighted by atomic mass is 9.19. The van der Waals surface area contributed by atoms with Crippen LogP contribution in [-0.4, -0.2) is 0 Å². The van der Waals surface area contributed by atoms with Gasteiger partial charge in [0.2, 0.25) is 0 Å². The molecular weight excluding hydrogens is 288 g/mol. The topological polar surface area (TPSA) is 0 Å². The molecule has 0 heteroatoms. The molecule has 2 aliphatic carbocycles. The first-order valence-corrected chi connectivity index (χ1v) is 10.7. The van der Waals surface area contributed by atoms with Crippen molar-refractivity contribution in [1.82, 2.24) is 0 Å². The van der Waals surface area contributed by atoms with Gasteiger partial charge in [0.1, 0.15) is 0 Å². The van der Waals surface area contributed by atoms with Gasteiger partial charge in [-0.25, -0.2) is 0 Å². The minimum absolute atomic E-state index is 0.412. The average Bonchev–Trinajstić information content (AvgIpc) is 2.49.